The van der Waals surface area contributed by atoms with E-state index in [0.29, 0.717) is 28.0 Å². The van der Waals surface area contributed by atoms with Crippen molar-refractivity contribution in [3.8, 4) is 0 Å². The molecule has 1 heterocycles. The maximum atomic E-state index is 11.9. The van der Waals surface area contributed by atoms with E-state index >= 15 is 0 Å². The van der Waals surface area contributed by atoms with Crippen LogP contribution < -0.4 is 16.4 Å². The average molecular weight is 353 g/mol. The van der Waals surface area contributed by atoms with Gasteiger partial charge in [-0.1, -0.05) is 17.7 Å². The smallest absolute Gasteiger partial charge is 0.270 e. The second-order valence-electron chi connectivity index (χ2n) is 4.87. The molecule has 0 atom stereocenters. The van der Waals surface area contributed by atoms with E-state index in [0.717, 1.165) is 5.56 Å². The minimum atomic E-state index is -0.317. The predicted octanol–water partition coefficient (Wildman–Crippen LogP) is 2.32. The van der Waals surface area contributed by atoms with Crippen LogP contribution in [0.1, 0.15) is 27.5 Å². The molecule has 8 heteroatoms. The van der Waals surface area contributed by atoms with Crippen molar-refractivity contribution < 1.29 is 9.59 Å². The minimum Gasteiger partial charge on any atom is -0.350 e. The maximum absolute atomic E-state index is 11.9. The summed E-state index contributed by atoms with van der Waals surface area (Å²) in [4.78, 5) is 27.8. The number of amides is 2. The highest BCUT2D eigenvalue weighted by Crippen LogP contribution is 2.22. The van der Waals surface area contributed by atoms with Gasteiger partial charge in [-0.2, -0.15) is 0 Å². The zero-order chi connectivity index (χ0) is 16.8. The molecule has 6 nitrogen and oxygen atoms in total. The molecular formula is C15H17ClN4O2S. The first kappa shape index (κ1) is 17.4. The van der Waals surface area contributed by atoms with Crippen molar-refractivity contribution in [3.05, 3.63) is 44.9 Å². The molecular weight excluding hydrogens is 336 g/mol. The molecule has 0 saturated carbocycles. The van der Waals surface area contributed by atoms with E-state index in [9.17, 15) is 9.59 Å². The molecule has 2 rings (SSSR count). The summed E-state index contributed by atoms with van der Waals surface area (Å²) in [5, 5.41) is 8.18. The van der Waals surface area contributed by atoms with Crippen LogP contribution in [0.2, 0.25) is 5.02 Å². The van der Waals surface area contributed by atoms with Crippen molar-refractivity contribution in [3.63, 3.8) is 0 Å². The molecule has 0 spiro atoms. The number of carbonyl (C=O) groups excluding carboxylic acids is 2. The van der Waals surface area contributed by atoms with Crippen LogP contribution in [0.5, 0.6) is 0 Å². The first-order valence-corrected chi connectivity index (χ1v) is 8.24. The Labute approximate surface area is 143 Å². The number of anilines is 1. The molecule has 0 fully saturated rings. The normalized spacial score (nSPS) is 10.4. The largest absolute Gasteiger partial charge is 0.350 e. The van der Waals surface area contributed by atoms with Crippen LogP contribution in [0.25, 0.3) is 0 Å². The molecule has 0 saturated heterocycles. The number of nitrogens with one attached hydrogen (secondary N) is 2. The Morgan fingerprint density at radius 1 is 1.39 bits per heavy atom. The van der Waals surface area contributed by atoms with E-state index in [1.165, 1.54) is 11.3 Å². The Bertz CT molecular complexity index is 717. The van der Waals surface area contributed by atoms with Gasteiger partial charge in [-0.25, -0.2) is 4.98 Å². The van der Waals surface area contributed by atoms with Crippen molar-refractivity contribution in [1.29, 1.82) is 0 Å². The number of carbonyl (C=O) groups is 2. The lowest BCUT2D eigenvalue weighted by Crippen LogP contribution is -2.28. The van der Waals surface area contributed by atoms with Gasteiger partial charge in [0.05, 0.1) is 10.7 Å². The van der Waals surface area contributed by atoms with Gasteiger partial charge >= 0.3 is 0 Å². The average Bonchev–Trinajstić information content (AvgIpc) is 2.99. The fourth-order valence-corrected chi connectivity index (χ4v) is 2.76. The van der Waals surface area contributed by atoms with Crippen LogP contribution in [0.15, 0.2) is 23.6 Å². The number of hydrogen-bond donors (Lipinski definition) is 3. The Morgan fingerprint density at radius 2 is 2.17 bits per heavy atom. The van der Waals surface area contributed by atoms with Gasteiger partial charge in [0.25, 0.3) is 5.91 Å². The second kappa shape index (κ2) is 8.05. The maximum Gasteiger partial charge on any atom is 0.270 e. The highest BCUT2D eigenvalue weighted by molar-refractivity contribution is 7.09. The molecule has 0 aliphatic carbocycles. The molecule has 0 aliphatic heterocycles. The Hall–Kier alpha value is -1.96. The van der Waals surface area contributed by atoms with E-state index < -0.39 is 0 Å². The lowest BCUT2D eigenvalue weighted by atomic mass is 10.2. The first-order valence-electron chi connectivity index (χ1n) is 6.98. The van der Waals surface area contributed by atoms with E-state index in [1.807, 2.05) is 13.0 Å². The minimum absolute atomic E-state index is 0.143. The topological polar surface area (TPSA) is 97.1 Å². The monoisotopic (exact) mass is 352 g/mol. The van der Waals surface area contributed by atoms with Gasteiger partial charge in [-0.05, 0) is 24.6 Å². The third-order valence-corrected chi connectivity index (χ3v) is 4.18. The van der Waals surface area contributed by atoms with Crippen LogP contribution in [0.4, 0.5) is 5.69 Å². The lowest BCUT2D eigenvalue weighted by molar-refractivity contribution is -0.116. The number of hydrogen-bond acceptors (Lipinski definition) is 5. The molecule has 23 heavy (non-hydrogen) atoms. The quantitative estimate of drug-likeness (QED) is 0.743. The van der Waals surface area contributed by atoms with Gasteiger partial charge in [0.2, 0.25) is 5.91 Å². The van der Waals surface area contributed by atoms with Gasteiger partial charge in [-0.15, -0.1) is 11.3 Å². The summed E-state index contributed by atoms with van der Waals surface area (Å²) in [6, 6.07) is 5.38. The molecule has 0 bridgehead atoms. The summed E-state index contributed by atoms with van der Waals surface area (Å²) >= 11 is 7.38. The first-order chi connectivity index (χ1) is 11.0. The third kappa shape index (κ3) is 5.02. The number of nitrogens with zero attached hydrogens (tertiary/aromatic N) is 1. The summed E-state index contributed by atoms with van der Waals surface area (Å²) in [6.07, 6.45) is 0.143. The lowest BCUT2D eigenvalue weighted by Gasteiger charge is -2.08. The standard InChI is InChI=1S/C15H17ClN4O2S/c1-9-2-3-11(10(16)6-9)19-13(21)4-5-18-15(22)12-8-23-14(7-17)20-12/h2-3,6,8H,4-5,7,17H2,1H3,(H,18,22)(H,19,21). The van der Waals surface area contributed by atoms with Crippen LogP contribution >= 0.6 is 22.9 Å². The SMILES string of the molecule is Cc1ccc(NC(=O)CCNC(=O)c2csc(CN)n2)c(Cl)c1. The van der Waals surface area contributed by atoms with Crippen LogP contribution in [-0.4, -0.2) is 23.3 Å². The van der Waals surface area contributed by atoms with Gasteiger partial charge < -0.3 is 16.4 Å². The van der Waals surface area contributed by atoms with Crippen LogP contribution in [0.3, 0.4) is 0 Å². The zero-order valence-electron chi connectivity index (χ0n) is 12.6. The van der Waals surface area contributed by atoms with Gasteiger partial charge in [0.1, 0.15) is 10.7 Å². The number of thiazole rings is 1. The number of aryl methyl sites for hydroxylation is 1. The molecule has 1 aromatic carbocycles. The van der Waals surface area contributed by atoms with Crippen molar-refractivity contribution in [1.82, 2.24) is 10.3 Å². The number of nitrogens with two attached hydrogens (primary N) is 1. The van der Waals surface area contributed by atoms with E-state index in [2.05, 4.69) is 15.6 Å². The Balaban J connectivity index is 1.79. The number of aromatic nitrogens is 1. The third-order valence-electron chi connectivity index (χ3n) is 3.00. The molecule has 0 unspecified atom stereocenters. The molecule has 122 valence electrons. The van der Waals surface area contributed by atoms with Gasteiger partial charge in [0, 0.05) is 24.9 Å². The van der Waals surface area contributed by atoms with E-state index in [-0.39, 0.29) is 24.8 Å². The molecule has 1 aromatic heterocycles. The summed E-state index contributed by atoms with van der Waals surface area (Å²) in [6.45, 7) is 2.43. The van der Waals surface area contributed by atoms with Crippen molar-refractivity contribution in [2.24, 2.45) is 5.73 Å². The number of rotatable bonds is 6. The summed E-state index contributed by atoms with van der Waals surface area (Å²) in [5.41, 5.74) is 7.34. The fraction of sp³-hybridized carbons (Fsp3) is 0.267. The summed E-state index contributed by atoms with van der Waals surface area (Å²) < 4.78 is 0. The summed E-state index contributed by atoms with van der Waals surface area (Å²) in [5.74, 6) is -0.543. The fourth-order valence-electron chi connectivity index (χ4n) is 1.82. The highest BCUT2D eigenvalue weighted by atomic mass is 35.5. The van der Waals surface area contributed by atoms with Crippen LogP contribution in [0, 0.1) is 6.92 Å². The molecule has 2 amide bonds. The van der Waals surface area contributed by atoms with E-state index in [1.54, 1.807) is 17.5 Å². The van der Waals surface area contributed by atoms with Gasteiger partial charge in [0.15, 0.2) is 0 Å². The summed E-state index contributed by atoms with van der Waals surface area (Å²) in [7, 11) is 0. The number of benzene rings is 1. The Kier molecular flexibility index (Phi) is 6.09. The number of halogens is 1. The molecule has 0 radical (unpaired) electrons. The molecule has 2 aromatic rings. The second-order valence-corrected chi connectivity index (χ2v) is 6.22. The van der Waals surface area contributed by atoms with Crippen molar-refractivity contribution in [2.75, 3.05) is 11.9 Å². The Morgan fingerprint density at radius 3 is 2.83 bits per heavy atom. The van der Waals surface area contributed by atoms with Crippen LogP contribution in [-0.2, 0) is 11.3 Å². The highest BCUT2D eigenvalue weighted by Gasteiger charge is 2.11. The molecule has 4 N–H and O–H groups in total. The van der Waals surface area contributed by atoms with Crippen molar-refractivity contribution in [2.45, 2.75) is 19.9 Å². The molecule has 0 aliphatic rings. The predicted molar refractivity (Wildman–Crippen MR) is 91.8 cm³/mol. The van der Waals surface area contributed by atoms with Gasteiger partial charge in [-0.3, -0.25) is 9.59 Å². The van der Waals surface area contributed by atoms with E-state index in [4.69, 9.17) is 17.3 Å². The van der Waals surface area contributed by atoms with Crippen molar-refractivity contribution >= 4 is 40.4 Å². The zero-order valence-corrected chi connectivity index (χ0v) is 14.1.